The van der Waals surface area contributed by atoms with Crippen LogP contribution < -0.4 is 9.64 Å². The Hall–Kier alpha value is -1.55. The van der Waals surface area contributed by atoms with E-state index in [9.17, 15) is 9.90 Å². The average Bonchev–Trinajstić information content (AvgIpc) is 2.80. The number of benzene rings is 1. The van der Waals surface area contributed by atoms with Gasteiger partial charge >= 0.3 is 0 Å². The van der Waals surface area contributed by atoms with Crippen LogP contribution in [-0.4, -0.2) is 24.2 Å². The molecule has 0 spiro atoms. The van der Waals surface area contributed by atoms with Crippen LogP contribution in [0.5, 0.6) is 5.75 Å². The lowest BCUT2D eigenvalue weighted by molar-refractivity contribution is -0.117. The number of anilines is 1. The molecule has 1 N–H and O–H groups in total. The van der Waals surface area contributed by atoms with Crippen molar-refractivity contribution in [3.05, 3.63) is 23.3 Å². The quantitative estimate of drug-likeness (QED) is 0.840. The third kappa shape index (κ3) is 1.52. The number of aliphatic hydroxyl groups excluding tert-OH is 1. The van der Waals surface area contributed by atoms with E-state index < -0.39 is 6.10 Å². The van der Waals surface area contributed by atoms with Crippen molar-refractivity contribution in [2.45, 2.75) is 25.9 Å². The van der Waals surface area contributed by atoms with Crippen molar-refractivity contribution in [2.75, 3.05) is 18.1 Å². The Kier molecular flexibility index (Phi) is 2.33. The molecule has 1 amide bonds. The van der Waals surface area contributed by atoms with Crippen molar-refractivity contribution in [3.8, 4) is 5.75 Å². The first-order valence-corrected chi connectivity index (χ1v) is 5.98. The fraction of sp³-hybridized carbons (Fsp3) is 0.462. The van der Waals surface area contributed by atoms with Gasteiger partial charge in [0.05, 0.1) is 6.42 Å². The highest BCUT2D eigenvalue weighted by atomic mass is 16.5. The Bertz CT molecular complexity index is 484. The van der Waals surface area contributed by atoms with Gasteiger partial charge in [-0.1, -0.05) is 6.92 Å². The first-order valence-electron chi connectivity index (χ1n) is 5.98. The maximum absolute atomic E-state index is 11.9. The molecule has 0 aliphatic carbocycles. The van der Waals surface area contributed by atoms with Gasteiger partial charge in [-0.2, -0.15) is 0 Å². The van der Waals surface area contributed by atoms with Gasteiger partial charge in [0.1, 0.15) is 18.5 Å². The van der Waals surface area contributed by atoms with Crippen LogP contribution in [0.25, 0.3) is 0 Å². The summed E-state index contributed by atoms with van der Waals surface area (Å²) in [5.74, 6) is 0.863. The predicted octanol–water partition coefficient (Wildman–Crippen LogP) is 1.41. The van der Waals surface area contributed by atoms with Crippen LogP contribution in [0, 0.1) is 0 Å². The Morgan fingerprint density at radius 2 is 2.35 bits per heavy atom. The van der Waals surface area contributed by atoms with Gasteiger partial charge in [-0.05, 0) is 24.1 Å². The molecule has 2 aliphatic heterocycles. The molecule has 1 unspecified atom stereocenters. The zero-order valence-corrected chi connectivity index (χ0v) is 9.77. The minimum Gasteiger partial charge on any atom is -0.490 e. The summed E-state index contributed by atoms with van der Waals surface area (Å²) in [4.78, 5) is 13.7. The highest BCUT2D eigenvalue weighted by Crippen LogP contribution is 2.40. The Labute approximate surface area is 99.8 Å². The summed E-state index contributed by atoms with van der Waals surface area (Å²) in [6, 6.07) is 3.80. The Morgan fingerprint density at radius 1 is 1.53 bits per heavy atom. The molecule has 2 heterocycles. The average molecular weight is 233 g/mol. The van der Waals surface area contributed by atoms with Crippen LogP contribution in [0.3, 0.4) is 0 Å². The summed E-state index contributed by atoms with van der Waals surface area (Å²) in [6.45, 7) is 3.11. The number of carbonyl (C=O) groups is 1. The SMILES string of the molecule is CCCN1C(=O)Cc2cc3c(cc21)C(O)CO3. The summed E-state index contributed by atoms with van der Waals surface area (Å²) in [5.41, 5.74) is 2.76. The Morgan fingerprint density at radius 3 is 3.12 bits per heavy atom. The molecule has 4 heteroatoms. The fourth-order valence-electron chi connectivity index (χ4n) is 2.52. The van der Waals surface area contributed by atoms with Crippen molar-refractivity contribution in [1.29, 1.82) is 0 Å². The molecular formula is C13H15NO3. The molecule has 3 rings (SSSR count). The summed E-state index contributed by atoms with van der Waals surface area (Å²) < 4.78 is 5.39. The molecule has 0 bridgehead atoms. The molecule has 0 fully saturated rings. The number of hydrogen-bond donors (Lipinski definition) is 1. The van der Waals surface area contributed by atoms with Crippen LogP contribution in [0.4, 0.5) is 5.69 Å². The number of nitrogens with zero attached hydrogens (tertiary/aromatic N) is 1. The van der Waals surface area contributed by atoms with E-state index in [1.807, 2.05) is 12.1 Å². The minimum atomic E-state index is -0.561. The van der Waals surface area contributed by atoms with E-state index >= 15 is 0 Å². The molecule has 0 saturated heterocycles. The highest BCUT2D eigenvalue weighted by molar-refractivity contribution is 6.01. The van der Waals surface area contributed by atoms with Crippen molar-refractivity contribution in [1.82, 2.24) is 0 Å². The van der Waals surface area contributed by atoms with Gasteiger partial charge in [-0.3, -0.25) is 4.79 Å². The number of aliphatic hydroxyl groups is 1. The summed E-state index contributed by atoms with van der Waals surface area (Å²) in [7, 11) is 0. The predicted molar refractivity (Wildman–Crippen MR) is 63.2 cm³/mol. The molecular weight excluding hydrogens is 218 g/mol. The molecule has 1 atom stereocenters. The van der Waals surface area contributed by atoms with E-state index in [0.717, 1.165) is 35.5 Å². The maximum Gasteiger partial charge on any atom is 0.231 e. The summed E-state index contributed by atoms with van der Waals surface area (Å²) in [6.07, 6.45) is 0.818. The molecule has 0 saturated carbocycles. The lowest BCUT2D eigenvalue weighted by Crippen LogP contribution is -2.27. The molecule has 1 aromatic carbocycles. The third-order valence-electron chi connectivity index (χ3n) is 3.35. The molecule has 90 valence electrons. The van der Waals surface area contributed by atoms with Gasteiger partial charge in [-0.25, -0.2) is 0 Å². The maximum atomic E-state index is 11.9. The highest BCUT2D eigenvalue weighted by Gasteiger charge is 2.31. The normalized spacial score (nSPS) is 21.4. The van der Waals surface area contributed by atoms with Gasteiger partial charge < -0.3 is 14.7 Å². The van der Waals surface area contributed by atoms with Gasteiger partial charge in [0.2, 0.25) is 5.91 Å². The smallest absolute Gasteiger partial charge is 0.231 e. The van der Waals surface area contributed by atoms with Gasteiger partial charge in [0, 0.05) is 17.8 Å². The van der Waals surface area contributed by atoms with E-state index in [1.54, 1.807) is 4.90 Å². The monoisotopic (exact) mass is 233 g/mol. The van der Waals surface area contributed by atoms with E-state index in [0.29, 0.717) is 13.0 Å². The Balaban J connectivity index is 2.05. The number of fused-ring (bicyclic) bond motifs is 2. The largest absolute Gasteiger partial charge is 0.490 e. The minimum absolute atomic E-state index is 0.139. The van der Waals surface area contributed by atoms with E-state index in [4.69, 9.17) is 4.74 Å². The lowest BCUT2D eigenvalue weighted by Gasteiger charge is -2.17. The molecule has 1 aromatic rings. The molecule has 0 aromatic heterocycles. The number of ether oxygens (including phenoxy) is 1. The standard InChI is InChI=1S/C13H15NO3/c1-2-3-14-10-6-9-11(15)7-17-12(9)4-8(10)5-13(14)16/h4,6,11,15H,2-3,5,7H2,1H3. The number of amides is 1. The van der Waals surface area contributed by atoms with Gasteiger partial charge in [0.25, 0.3) is 0 Å². The molecule has 17 heavy (non-hydrogen) atoms. The van der Waals surface area contributed by atoms with Crippen LogP contribution in [0.15, 0.2) is 12.1 Å². The third-order valence-corrected chi connectivity index (χ3v) is 3.35. The lowest BCUT2D eigenvalue weighted by atomic mass is 10.1. The van der Waals surface area contributed by atoms with E-state index in [2.05, 4.69) is 6.92 Å². The topological polar surface area (TPSA) is 49.8 Å². The van der Waals surface area contributed by atoms with Gasteiger partial charge in [-0.15, -0.1) is 0 Å². The van der Waals surface area contributed by atoms with Crippen molar-refractivity contribution in [3.63, 3.8) is 0 Å². The van der Waals surface area contributed by atoms with E-state index in [-0.39, 0.29) is 5.91 Å². The zero-order chi connectivity index (χ0) is 12.0. The first-order chi connectivity index (χ1) is 8.20. The molecule has 2 aliphatic rings. The first kappa shape index (κ1) is 10.6. The molecule has 4 nitrogen and oxygen atoms in total. The van der Waals surface area contributed by atoms with Crippen LogP contribution >= 0.6 is 0 Å². The fourth-order valence-corrected chi connectivity index (χ4v) is 2.52. The second kappa shape index (κ2) is 3.74. The van der Waals surface area contributed by atoms with Crippen LogP contribution in [0.2, 0.25) is 0 Å². The summed E-state index contributed by atoms with van der Waals surface area (Å²) in [5, 5.41) is 9.77. The van der Waals surface area contributed by atoms with Crippen LogP contribution in [-0.2, 0) is 11.2 Å². The summed E-state index contributed by atoms with van der Waals surface area (Å²) >= 11 is 0. The number of hydrogen-bond acceptors (Lipinski definition) is 3. The van der Waals surface area contributed by atoms with Crippen LogP contribution in [0.1, 0.15) is 30.6 Å². The zero-order valence-electron chi connectivity index (χ0n) is 9.77. The second-order valence-corrected chi connectivity index (χ2v) is 4.57. The number of rotatable bonds is 2. The number of carbonyl (C=O) groups excluding carboxylic acids is 1. The van der Waals surface area contributed by atoms with Crippen molar-refractivity contribution >= 4 is 11.6 Å². The van der Waals surface area contributed by atoms with Crippen molar-refractivity contribution in [2.24, 2.45) is 0 Å². The second-order valence-electron chi connectivity index (χ2n) is 4.57. The van der Waals surface area contributed by atoms with Crippen molar-refractivity contribution < 1.29 is 14.6 Å². The van der Waals surface area contributed by atoms with E-state index in [1.165, 1.54) is 0 Å². The molecule has 0 radical (unpaired) electrons. The van der Waals surface area contributed by atoms with Gasteiger partial charge in [0.15, 0.2) is 0 Å².